The number of carbonyl (C=O) groups is 1. The molecule has 4 aromatic rings. The number of nitrogens with one attached hydrogen (secondary N) is 3. The third-order valence-corrected chi connectivity index (χ3v) is 6.29. The fraction of sp³-hybridized carbons (Fsp3) is 0.231. The van der Waals surface area contributed by atoms with Crippen LogP contribution in [0.5, 0.6) is 0 Å². The number of anilines is 3. The van der Waals surface area contributed by atoms with Gasteiger partial charge in [-0.05, 0) is 68.0 Å². The van der Waals surface area contributed by atoms with Gasteiger partial charge in [0.05, 0.1) is 11.2 Å². The predicted octanol–water partition coefficient (Wildman–Crippen LogP) is 5.46. The van der Waals surface area contributed by atoms with Crippen molar-refractivity contribution < 1.29 is 13.6 Å². The van der Waals surface area contributed by atoms with E-state index in [1.54, 1.807) is 42.5 Å². The fourth-order valence-corrected chi connectivity index (χ4v) is 4.40. The van der Waals surface area contributed by atoms with Gasteiger partial charge in [-0.25, -0.2) is 8.78 Å². The number of likely N-dealkylation sites (tertiary alicyclic amines) is 1. The molecular weight excluding hydrogens is 436 g/mol. The van der Waals surface area contributed by atoms with Gasteiger partial charge in [-0.1, -0.05) is 24.3 Å². The van der Waals surface area contributed by atoms with Gasteiger partial charge in [0.25, 0.3) is 5.91 Å². The first kappa shape index (κ1) is 22.0. The number of aromatic nitrogens is 2. The topological polar surface area (TPSA) is 73.0 Å². The Morgan fingerprint density at radius 1 is 1.12 bits per heavy atom. The predicted molar refractivity (Wildman–Crippen MR) is 130 cm³/mol. The zero-order chi connectivity index (χ0) is 23.7. The number of hydrogen-bond donors (Lipinski definition) is 3. The van der Waals surface area contributed by atoms with Gasteiger partial charge in [-0.2, -0.15) is 5.10 Å². The molecule has 6 nitrogen and oxygen atoms in total. The van der Waals surface area contributed by atoms with Gasteiger partial charge >= 0.3 is 0 Å². The van der Waals surface area contributed by atoms with Gasteiger partial charge in [0.15, 0.2) is 5.82 Å². The van der Waals surface area contributed by atoms with Gasteiger partial charge < -0.3 is 15.5 Å². The minimum Gasteiger partial charge on any atom is -0.353 e. The van der Waals surface area contributed by atoms with E-state index in [9.17, 15) is 13.6 Å². The summed E-state index contributed by atoms with van der Waals surface area (Å²) in [5.74, 6) is -0.380. The zero-order valence-corrected chi connectivity index (χ0v) is 18.7. The number of nitrogens with zero attached hydrogens (tertiary/aromatic N) is 2. The van der Waals surface area contributed by atoms with Crippen LogP contribution in [0.1, 0.15) is 28.3 Å². The summed E-state index contributed by atoms with van der Waals surface area (Å²) in [6, 6.07) is 19.0. The first-order valence-corrected chi connectivity index (χ1v) is 11.2. The fourth-order valence-electron chi connectivity index (χ4n) is 4.40. The van der Waals surface area contributed by atoms with Crippen LogP contribution < -0.4 is 10.6 Å². The lowest BCUT2D eigenvalue weighted by atomic mass is 9.87. The molecule has 1 fully saturated rings. The van der Waals surface area contributed by atoms with Crippen LogP contribution in [-0.4, -0.2) is 47.3 Å². The number of piperidine rings is 1. The number of aromatic amines is 1. The van der Waals surface area contributed by atoms with Crippen molar-refractivity contribution in [3.05, 3.63) is 83.7 Å². The van der Waals surface area contributed by atoms with Crippen LogP contribution in [0.2, 0.25) is 0 Å². The van der Waals surface area contributed by atoms with Crippen LogP contribution in [0.15, 0.2) is 66.7 Å². The van der Waals surface area contributed by atoms with E-state index in [1.165, 1.54) is 6.07 Å². The quantitative estimate of drug-likeness (QED) is 0.369. The van der Waals surface area contributed by atoms with Crippen molar-refractivity contribution in [2.75, 3.05) is 30.8 Å². The number of alkyl halides is 1. The monoisotopic (exact) mass is 461 g/mol. The van der Waals surface area contributed by atoms with Crippen molar-refractivity contribution >= 4 is 34.0 Å². The van der Waals surface area contributed by atoms with E-state index in [0.29, 0.717) is 34.8 Å². The Bertz CT molecular complexity index is 1320. The maximum absolute atomic E-state index is 14.5. The minimum atomic E-state index is -0.911. The number of hydrogen-bond acceptors (Lipinski definition) is 4. The van der Waals surface area contributed by atoms with Crippen molar-refractivity contribution in [3.63, 3.8) is 0 Å². The largest absolute Gasteiger partial charge is 0.353 e. The molecule has 5 rings (SSSR count). The molecule has 0 radical (unpaired) electrons. The highest BCUT2D eigenvalue weighted by atomic mass is 19.1. The lowest BCUT2D eigenvalue weighted by molar-refractivity contribution is 0.102. The summed E-state index contributed by atoms with van der Waals surface area (Å²) in [6.07, 6.45) is -0.150. The second-order valence-corrected chi connectivity index (χ2v) is 8.69. The number of halogens is 2. The molecule has 0 saturated carbocycles. The number of benzene rings is 3. The van der Waals surface area contributed by atoms with E-state index < -0.39 is 6.17 Å². The average Bonchev–Trinajstić information content (AvgIpc) is 3.22. The molecule has 0 aliphatic carbocycles. The van der Waals surface area contributed by atoms with Crippen LogP contribution in [0, 0.1) is 5.82 Å². The molecule has 2 atom stereocenters. The maximum atomic E-state index is 14.5. The number of rotatable bonds is 5. The van der Waals surface area contributed by atoms with Crippen LogP contribution in [0.3, 0.4) is 0 Å². The van der Waals surface area contributed by atoms with Crippen LogP contribution in [0.4, 0.5) is 26.0 Å². The molecule has 8 heteroatoms. The minimum absolute atomic E-state index is 0.143. The molecular formula is C26H25F2N5O. The van der Waals surface area contributed by atoms with E-state index in [4.69, 9.17) is 0 Å². The van der Waals surface area contributed by atoms with Crippen LogP contribution in [0.25, 0.3) is 10.9 Å². The van der Waals surface area contributed by atoms with Gasteiger partial charge in [0, 0.05) is 29.1 Å². The number of fused-ring (bicyclic) bond motifs is 1. The van der Waals surface area contributed by atoms with E-state index in [1.807, 2.05) is 30.1 Å². The first-order valence-electron chi connectivity index (χ1n) is 11.2. The number of carbonyl (C=O) groups excluding carboxylic acids is 1. The van der Waals surface area contributed by atoms with Crippen molar-refractivity contribution in [1.29, 1.82) is 0 Å². The lowest BCUT2D eigenvalue weighted by Crippen LogP contribution is -2.38. The summed E-state index contributed by atoms with van der Waals surface area (Å²) >= 11 is 0. The third kappa shape index (κ3) is 4.49. The number of amides is 1. The van der Waals surface area contributed by atoms with Crippen LogP contribution in [-0.2, 0) is 0 Å². The molecule has 1 aliphatic heterocycles. The average molecular weight is 462 g/mol. The molecule has 0 unspecified atom stereocenters. The molecule has 2 heterocycles. The maximum Gasteiger partial charge on any atom is 0.256 e. The van der Waals surface area contributed by atoms with Crippen molar-refractivity contribution in [1.82, 2.24) is 15.1 Å². The van der Waals surface area contributed by atoms with Crippen molar-refractivity contribution in [2.45, 2.75) is 18.5 Å². The Hall–Kier alpha value is -3.78. The molecule has 1 saturated heterocycles. The number of para-hydroxylation sites is 1. The Morgan fingerprint density at radius 2 is 1.91 bits per heavy atom. The van der Waals surface area contributed by atoms with Gasteiger partial charge in [-0.15, -0.1) is 0 Å². The van der Waals surface area contributed by atoms with Crippen molar-refractivity contribution in [3.8, 4) is 0 Å². The van der Waals surface area contributed by atoms with E-state index in [0.717, 1.165) is 23.9 Å². The highest BCUT2D eigenvalue weighted by molar-refractivity contribution is 6.08. The summed E-state index contributed by atoms with van der Waals surface area (Å²) in [5.41, 5.74) is 3.15. The summed E-state index contributed by atoms with van der Waals surface area (Å²) in [4.78, 5) is 14.8. The molecule has 0 bridgehead atoms. The summed E-state index contributed by atoms with van der Waals surface area (Å²) < 4.78 is 28.4. The Morgan fingerprint density at radius 3 is 2.68 bits per heavy atom. The second kappa shape index (κ2) is 9.23. The van der Waals surface area contributed by atoms with Gasteiger partial charge in [-0.3, -0.25) is 9.89 Å². The summed E-state index contributed by atoms with van der Waals surface area (Å²) in [7, 11) is 1.93. The van der Waals surface area contributed by atoms with Crippen molar-refractivity contribution in [2.24, 2.45) is 0 Å². The SMILES string of the molecule is CN1CC[C@H](c2ccc(C(=O)Nc3n[nH]c4cc(Nc5ccccc5F)ccc34)cc2)[C@H](F)C1. The third-order valence-electron chi connectivity index (χ3n) is 6.29. The normalized spacial score (nSPS) is 18.7. The lowest BCUT2D eigenvalue weighted by Gasteiger charge is -2.32. The Labute approximate surface area is 196 Å². The highest BCUT2D eigenvalue weighted by Gasteiger charge is 2.28. The second-order valence-electron chi connectivity index (χ2n) is 8.69. The molecule has 3 aromatic carbocycles. The standard InChI is InChI=1S/C26H25F2N5O/c1-33-13-12-19(22(28)15-33)16-6-8-17(9-7-16)26(34)30-25-20-11-10-18(14-24(20)31-32-25)29-23-5-3-2-4-21(23)27/h2-11,14,19,22,29H,12-13,15H2,1H3,(H2,30,31,32,34)/t19-,22-/m1/s1. The van der Waals surface area contributed by atoms with Gasteiger partial charge in [0.2, 0.25) is 0 Å². The number of H-pyrrole nitrogens is 1. The Balaban J connectivity index is 1.28. The molecule has 34 heavy (non-hydrogen) atoms. The van der Waals surface area contributed by atoms with Crippen LogP contribution >= 0.6 is 0 Å². The highest BCUT2D eigenvalue weighted by Crippen LogP contribution is 2.31. The Kier molecular flexibility index (Phi) is 5.98. The molecule has 1 aromatic heterocycles. The molecule has 0 spiro atoms. The molecule has 1 aliphatic rings. The summed E-state index contributed by atoms with van der Waals surface area (Å²) in [5, 5.41) is 13.7. The molecule has 174 valence electrons. The van der Waals surface area contributed by atoms with E-state index in [2.05, 4.69) is 20.8 Å². The van der Waals surface area contributed by atoms with E-state index >= 15 is 0 Å². The zero-order valence-electron chi connectivity index (χ0n) is 18.7. The molecule has 3 N–H and O–H groups in total. The summed E-state index contributed by atoms with van der Waals surface area (Å²) in [6.45, 7) is 1.29. The van der Waals surface area contributed by atoms with Gasteiger partial charge in [0.1, 0.15) is 12.0 Å². The smallest absolute Gasteiger partial charge is 0.256 e. The first-order chi connectivity index (χ1) is 16.5. The molecule has 1 amide bonds. The van der Waals surface area contributed by atoms with E-state index in [-0.39, 0.29) is 17.6 Å².